The minimum absolute atomic E-state index is 0.0440. The summed E-state index contributed by atoms with van der Waals surface area (Å²) in [5, 5.41) is 0. The monoisotopic (exact) mass is 190 g/mol. The second-order valence-corrected chi connectivity index (χ2v) is 3.84. The molecule has 2 heteroatoms. The molecule has 1 aliphatic heterocycles. The van der Waals surface area contributed by atoms with E-state index in [0.29, 0.717) is 12.3 Å². The van der Waals surface area contributed by atoms with Crippen LogP contribution in [0.4, 0.5) is 0 Å². The lowest BCUT2D eigenvalue weighted by atomic mass is 9.91. The molecule has 0 aromatic heterocycles. The summed E-state index contributed by atoms with van der Waals surface area (Å²) in [6.45, 7) is 2.13. The van der Waals surface area contributed by atoms with E-state index in [1.807, 2.05) is 30.3 Å². The highest BCUT2D eigenvalue weighted by Gasteiger charge is 2.28. The molecule has 2 rings (SSSR count). The third-order valence-corrected chi connectivity index (χ3v) is 2.71. The zero-order valence-corrected chi connectivity index (χ0v) is 8.27. The first-order valence-corrected chi connectivity index (χ1v) is 5.02. The largest absolute Gasteiger partial charge is 0.457 e. The Balaban J connectivity index is 2.20. The van der Waals surface area contributed by atoms with Crippen molar-refractivity contribution in [3.8, 4) is 0 Å². The Kier molecular flexibility index (Phi) is 2.53. The van der Waals surface area contributed by atoms with Crippen molar-refractivity contribution >= 4 is 5.97 Å². The van der Waals surface area contributed by atoms with Gasteiger partial charge in [-0.25, -0.2) is 0 Å². The van der Waals surface area contributed by atoms with Crippen LogP contribution in [0.15, 0.2) is 30.3 Å². The zero-order chi connectivity index (χ0) is 9.97. The first-order chi connectivity index (χ1) is 6.77. The van der Waals surface area contributed by atoms with Gasteiger partial charge in [0, 0.05) is 6.42 Å². The first-order valence-electron chi connectivity index (χ1n) is 5.02. The van der Waals surface area contributed by atoms with E-state index in [-0.39, 0.29) is 12.1 Å². The van der Waals surface area contributed by atoms with Crippen LogP contribution < -0.4 is 0 Å². The van der Waals surface area contributed by atoms with Crippen LogP contribution >= 0.6 is 0 Å². The van der Waals surface area contributed by atoms with Crippen molar-refractivity contribution in [3.63, 3.8) is 0 Å². The van der Waals surface area contributed by atoms with Crippen LogP contribution in [-0.4, -0.2) is 5.97 Å². The second kappa shape index (κ2) is 3.82. The van der Waals surface area contributed by atoms with Crippen LogP contribution in [0.5, 0.6) is 0 Å². The Labute approximate surface area is 83.9 Å². The number of benzene rings is 1. The summed E-state index contributed by atoms with van der Waals surface area (Å²) < 4.78 is 5.35. The predicted octanol–water partition coefficient (Wildman–Crippen LogP) is 2.70. The molecule has 0 unspecified atom stereocenters. The molecule has 1 aromatic rings. The quantitative estimate of drug-likeness (QED) is 0.636. The number of hydrogen-bond donors (Lipinski definition) is 0. The van der Waals surface area contributed by atoms with Gasteiger partial charge in [0.1, 0.15) is 6.10 Å². The standard InChI is InChI=1S/C12H14O2/c1-9-7-8-11(13)14-12(9)10-5-3-2-4-6-10/h2-6,9,12H,7-8H2,1H3/t9-,12+/m1/s1. The predicted molar refractivity (Wildman–Crippen MR) is 53.7 cm³/mol. The zero-order valence-electron chi connectivity index (χ0n) is 8.27. The topological polar surface area (TPSA) is 26.3 Å². The van der Waals surface area contributed by atoms with Crippen molar-refractivity contribution < 1.29 is 9.53 Å². The van der Waals surface area contributed by atoms with Gasteiger partial charge in [0.15, 0.2) is 0 Å². The fourth-order valence-electron chi connectivity index (χ4n) is 1.85. The Hall–Kier alpha value is -1.31. The van der Waals surface area contributed by atoms with Crippen molar-refractivity contribution in [1.29, 1.82) is 0 Å². The molecule has 0 spiro atoms. The van der Waals surface area contributed by atoms with Crippen LogP contribution in [0.1, 0.15) is 31.4 Å². The molecule has 0 N–H and O–H groups in total. The molecule has 0 aliphatic carbocycles. The fourth-order valence-corrected chi connectivity index (χ4v) is 1.85. The molecule has 2 atom stereocenters. The maximum atomic E-state index is 11.2. The Morgan fingerprint density at radius 3 is 2.71 bits per heavy atom. The van der Waals surface area contributed by atoms with Gasteiger partial charge in [0.25, 0.3) is 0 Å². The molecule has 1 fully saturated rings. The maximum absolute atomic E-state index is 11.2. The minimum Gasteiger partial charge on any atom is -0.457 e. The average Bonchev–Trinajstić information content (AvgIpc) is 2.23. The SMILES string of the molecule is C[C@@H]1CCC(=O)O[C@@H]1c1ccccc1. The summed E-state index contributed by atoms with van der Waals surface area (Å²) in [7, 11) is 0. The number of cyclic esters (lactones) is 1. The fraction of sp³-hybridized carbons (Fsp3) is 0.417. The highest BCUT2D eigenvalue weighted by Crippen LogP contribution is 2.33. The van der Waals surface area contributed by atoms with E-state index in [4.69, 9.17) is 4.74 Å². The molecule has 1 heterocycles. The Morgan fingerprint density at radius 2 is 2.00 bits per heavy atom. The number of hydrogen-bond acceptors (Lipinski definition) is 2. The van der Waals surface area contributed by atoms with Gasteiger partial charge in [0.2, 0.25) is 0 Å². The molecular weight excluding hydrogens is 176 g/mol. The number of rotatable bonds is 1. The molecule has 0 saturated carbocycles. The molecule has 0 bridgehead atoms. The molecular formula is C12H14O2. The lowest BCUT2D eigenvalue weighted by Gasteiger charge is -2.28. The number of esters is 1. The van der Waals surface area contributed by atoms with E-state index >= 15 is 0 Å². The maximum Gasteiger partial charge on any atom is 0.306 e. The Bertz CT molecular complexity index is 318. The van der Waals surface area contributed by atoms with Gasteiger partial charge < -0.3 is 4.74 Å². The highest BCUT2D eigenvalue weighted by atomic mass is 16.5. The van der Waals surface area contributed by atoms with E-state index in [0.717, 1.165) is 12.0 Å². The molecule has 1 saturated heterocycles. The van der Waals surface area contributed by atoms with Crippen LogP contribution in [0.2, 0.25) is 0 Å². The lowest BCUT2D eigenvalue weighted by Crippen LogP contribution is -2.24. The van der Waals surface area contributed by atoms with Gasteiger partial charge >= 0.3 is 5.97 Å². The molecule has 74 valence electrons. The van der Waals surface area contributed by atoms with Crippen molar-refractivity contribution in [2.45, 2.75) is 25.9 Å². The van der Waals surface area contributed by atoms with Crippen molar-refractivity contribution in [3.05, 3.63) is 35.9 Å². The van der Waals surface area contributed by atoms with Gasteiger partial charge in [-0.15, -0.1) is 0 Å². The normalized spacial score (nSPS) is 27.1. The third kappa shape index (κ3) is 1.79. The van der Waals surface area contributed by atoms with Gasteiger partial charge in [0.05, 0.1) is 0 Å². The van der Waals surface area contributed by atoms with Crippen LogP contribution in [0.3, 0.4) is 0 Å². The second-order valence-electron chi connectivity index (χ2n) is 3.84. The van der Waals surface area contributed by atoms with E-state index in [2.05, 4.69) is 6.92 Å². The molecule has 0 amide bonds. The summed E-state index contributed by atoms with van der Waals surface area (Å²) in [5.41, 5.74) is 1.10. The number of ether oxygens (including phenoxy) is 1. The van der Waals surface area contributed by atoms with Gasteiger partial charge in [-0.2, -0.15) is 0 Å². The summed E-state index contributed by atoms with van der Waals surface area (Å²) in [6, 6.07) is 9.95. The van der Waals surface area contributed by atoms with Gasteiger partial charge in [-0.05, 0) is 17.9 Å². The van der Waals surface area contributed by atoms with Crippen molar-refractivity contribution in [1.82, 2.24) is 0 Å². The van der Waals surface area contributed by atoms with Crippen molar-refractivity contribution in [2.75, 3.05) is 0 Å². The van der Waals surface area contributed by atoms with Crippen LogP contribution in [-0.2, 0) is 9.53 Å². The average molecular weight is 190 g/mol. The number of carbonyl (C=O) groups excluding carboxylic acids is 1. The lowest BCUT2D eigenvalue weighted by molar-refractivity contribution is -0.158. The Morgan fingerprint density at radius 1 is 1.29 bits per heavy atom. The van der Waals surface area contributed by atoms with E-state index in [1.54, 1.807) is 0 Å². The molecule has 14 heavy (non-hydrogen) atoms. The van der Waals surface area contributed by atoms with Crippen LogP contribution in [0, 0.1) is 5.92 Å². The van der Waals surface area contributed by atoms with Gasteiger partial charge in [-0.3, -0.25) is 4.79 Å². The highest BCUT2D eigenvalue weighted by molar-refractivity contribution is 5.70. The summed E-state index contributed by atoms with van der Waals surface area (Å²) >= 11 is 0. The molecule has 1 aromatic carbocycles. The summed E-state index contributed by atoms with van der Waals surface area (Å²) in [6.07, 6.45) is 1.44. The van der Waals surface area contributed by atoms with E-state index in [1.165, 1.54) is 0 Å². The van der Waals surface area contributed by atoms with E-state index < -0.39 is 0 Å². The van der Waals surface area contributed by atoms with Crippen molar-refractivity contribution in [2.24, 2.45) is 5.92 Å². The smallest absolute Gasteiger partial charge is 0.306 e. The third-order valence-electron chi connectivity index (χ3n) is 2.71. The molecule has 1 aliphatic rings. The van der Waals surface area contributed by atoms with Gasteiger partial charge in [-0.1, -0.05) is 37.3 Å². The first kappa shape index (κ1) is 9.25. The number of carbonyl (C=O) groups is 1. The minimum atomic E-state index is -0.0723. The van der Waals surface area contributed by atoms with E-state index in [9.17, 15) is 4.79 Å². The van der Waals surface area contributed by atoms with Crippen LogP contribution in [0.25, 0.3) is 0 Å². The summed E-state index contributed by atoms with van der Waals surface area (Å²) in [4.78, 5) is 11.2. The molecule has 2 nitrogen and oxygen atoms in total. The molecule has 0 radical (unpaired) electrons. The summed E-state index contributed by atoms with van der Waals surface area (Å²) in [5.74, 6) is 0.354.